The van der Waals surface area contributed by atoms with Crippen LogP contribution in [0.4, 0.5) is 0 Å². The molecule has 0 bridgehead atoms. The average Bonchev–Trinajstić information content (AvgIpc) is 2.55. The highest BCUT2D eigenvalue weighted by Crippen LogP contribution is 2.33. The molecule has 5 nitrogen and oxygen atoms in total. The van der Waals surface area contributed by atoms with Gasteiger partial charge in [0, 0.05) is 17.8 Å². The lowest BCUT2D eigenvalue weighted by Crippen LogP contribution is -2.29. The number of hydrogen-bond acceptors (Lipinski definition) is 4. The monoisotopic (exact) mass is 489 g/mol. The summed E-state index contributed by atoms with van der Waals surface area (Å²) < 4.78 is 24.2. The van der Waals surface area contributed by atoms with E-state index < -0.39 is 9.84 Å². The lowest BCUT2D eigenvalue weighted by Gasteiger charge is -2.26. The summed E-state index contributed by atoms with van der Waals surface area (Å²) in [6.07, 6.45) is 1.15. The number of rotatable bonds is 4. The summed E-state index contributed by atoms with van der Waals surface area (Å²) in [6.45, 7) is 1.83. The van der Waals surface area contributed by atoms with E-state index in [9.17, 15) is 18.3 Å². The molecular formula is C17H17Br2NO4S. The quantitative estimate of drug-likeness (QED) is 0.698. The molecular weight excluding hydrogens is 474 g/mol. The van der Waals surface area contributed by atoms with E-state index >= 15 is 0 Å². The van der Waals surface area contributed by atoms with Gasteiger partial charge in [0.05, 0.1) is 21.0 Å². The van der Waals surface area contributed by atoms with Crippen molar-refractivity contribution in [3.63, 3.8) is 0 Å². The maximum absolute atomic E-state index is 12.7. The largest absolute Gasteiger partial charge is 0.506 e. The molecule has 0 aliphatic carbocycles. The van der Waals surface area contributed by atoms with Crippen LogP contribution in [0, 0.1) is 0 Å². The van der Waals surface area contributed by atoms with Crippen molar-refractivity contribution < 1.29 is 18.3 Å². The molecule has 0 fully saturated rings. The first-order valence-corrected chi connectivity index (χ1v) is 10.7. The van der Waals surface area contributed by atoms with Crippen molar-refractivity contribution in [1.82, 2.24) is 4.90 Å². The van der Waals surface area contributed by atoms with Crippen LogP contribution in [0.5, 0.6) is 5.75 Å². The van der Waals surface area contributed by atoms with Crippen molar-refractivity contribution in [3.8, 4) is 5.75 Å². The molecule has 0 unspecified atom stereocenters. The molecule has 0 aliphatic rings. The lowest BCUT2D eigenvalue weighted by molar-refractivity contribution is 0.0739. The van der Waals surface area contributed by atoms with Crippen LogP contribution in [-0.4, -0.2) is 37.6 Å². The Labute approximate surface area is 163 Å². The molecule has 1 amide bonds. The number of sulfone groups is 1. The minimum absolute atomic E-state index is 0.125. The van der Waals surface area contributed by atoms with Crippen molar-refractivity contribution >= 4 is 47.6 Å². The number of phenols is 1. The number of phenolic OH excluding ortho intramolecular Hbond substituents is 1. The molecule has 0 saturated heterocycles. The predicted octanol–water partition coefficient (Wildman–Crippen LogP) is 4.15. The summed E-state index contributed by atoms with van der Waals surface area (Å²) in [4.78, 5) is 14.5. The maximum Gasteiger partial charge on any atom is 0.257 e. The van der Waals surface area contributed by atoms with Crippen LogP contribution < -0.4 is 0 Å². The van der Waals surface area contributed by atoms with Gasteiger partial charge in [-0.2, -0.15) is 0 Å². The SMILES string of the molecule is C[C@H](c1ccc(S(C)(=O)=O)cc1)N(C)C(=O)c1cc(Br)cc(Br)c1O. The summed E-state index contributed by atoms with van der Waals surface area (Å²) in [5.41, 5.74) is 0.958. The van der Waals surface area contributed by atoms with Gasteiger partial charge in [-0.15, -0.1) is 0 Å². The van der Waals surface area contributed by atoms with Crippen LogP contribution in [-0.2, 0) is 9.84 Å². The number of hydrogen-bond donors (Lipinski definition) is 1. The molecule has 0 radical (unpaired) electrons. The molecule has 8 heteroatoms. The molecule has 0 aliphatic heterocycles. The van der Waals surface area contributed by atoms with Gasteiger partial charge in [-0.1, -0.05) is 28.1 Å². The van der Waals surface area contributed by atoms with Crippen molar-refractivity contribution in [2.45, 2.75) is 17.9 Å². The predicted molar refractivity (Wildman–Crippen MR) is 104 cm³/mol. The van der Waals surface area contributed by atoms with E-state index in [4.69, 9.17) is 0 Å². The van der Waals surface area contributed by atoms with Gasteiger partial charge in [0.2, 0.25) is 0 Å². The summed E-state index contributed by atoms with van der Waals surface area (Å²) in [7, 11) is -1.63. The van der Waals surface area contributed by atoms with E-state index in [1.165, 1.54) is 17.0 Å². The Hall–Kier alpha value is -1.38. The summed E-state index contributed by atoms with van der Waals surface area (Å²) in [6, 6.07) is 9.30. The molecule has 0 saturated carbocycles. The van der Waals surface area contributed by atoms with Gasteiger partial charge >= 0.3 is 0 Å². The number of nitrogens with zero attached hydrogens (tertiary/aromatic N) is 1. The van der Waals surface area contributed by atoms with E-state index in [1.54, 1.807) is 31.3 Å². The fraction of sp³-hybridized carbons (Fsp3) is 0.235. The number of carbonyl (C=O) groups is 1. The van der Waals surface area contributed by atoms with Crippen LogP contribution in [0.15, 0.2) is 50.2 Å². The smallest absolute Gasteiger partial charge is 0.257 e. The summed E-state index contributed by atoms with van der Waals surface area (Å²) in [5.74, 6) is -0.473. The first-order valence-electron chi connectivity index (χ1n) is 7.27. The molecule has 134 valence electrons. The summed E-state index contributed by atoms with van der Waals surface area (Å²) in [5, 5.41) is 10.1. The number of halogens is 2. The molecule has 0 aromatic heterocycles. The Kier molecular flexibility index (Phi) is 5.96. The van der Waals surface area contributed by atoms with Gasteiger partial charge < -0.3 is 10.0 Å². The normalized spacial score (nSPS) is 12.7. The highest BCUT2D eigenvalue weighted by Gasteiger charge is 2.23. The van der Waals surface area contributed by atoms with Crippen molar-refractivity contribution in [2.24, 2.45) is 0 Å². The number of benzene rings is 2. The summed E-state index contributed by atoms with van der Waals surface area (Å²) >= 11 is 6.52. The molecule has 1 N–H and O–H groups in total. The zero-order valence-electron chi connectivity index (χ0n) is 13.8. The number of amides is 1. The minimum atomic E-state index is -3.26. The zero-order chi connectivity index (χ0) is 18.9. The van der Waals surface area contributed by atoms with Gasteiger partial charge in [0.25, 0.3) is 5.91 Å². The molecule has 2 aromatic rings. The Morgan fingerprint density at radius 1 is 1.16 bits per heavy atom. The van der Waals surface area contributed by atoms with Gasteiger partial charge in [0.1, 0.15) is 5.75 Å². The third-order valence-electron chi connectivity index (χ3n) is 3.95. The van der Waals surface area contributed by atoms with Crippen molar-refractivity contribution in [3.05, 3.63) is 56.5 Å². The third kappa shape index (κ3) is 4.43. The van der Waals surface area contributed by atoms with Crippen LogP contribution in [0.25, 0.3) is 0 Å². The van der Waals surface area contributed by atoms with E-state index in [0.717, 1.165) is 11.8 Å². The zero-order valence-corrected chi connectivity index (χ0v) is 17.8. The standard InChI is InChI=1S/C17H17Br2NO4S/c1-10(11-4-6-13(7-5-11)25(3,23)24)20(2)17(22)14-8-12(18)9-15(19)16(14)21/h4-10,21H,1-3H3/t10-/m1/s1. The van der Waals surface area contributed by atoms with E-state index in [2.05, 4.69) is 31.9 Å². The second-order valence-corrected chi connectivity index (χ2v) is 9.50. The fourth-order valence-electron chi connectivity index (χ4n) is 2.31. The molecule has 2 aromatic carbocycles. The number of aromatic hydroxyl groups is 1. The Morgan fingerprint density at radius 3 is 2.24 bits per heavy atom. The highest BCUT2D eigenvalue weighted by molar-refractivity contribution is 9.11. The second kappa shape index (κ2) is 7.47. The maximum atomic E-state index is 12.7. The van der Waals surface area contributed by atoms with Crippen LogP contribution in [0.2, 0.25) is 0 Å². The van der Waals surface area contributed by atoms with E-state index in [0.29, 0.717) is 8.95 Å². The second-order valence-electron chi connectivity index (χ2n) is 5.72. The Balaban J connectivity index is 2.31. The minimum Gasteiger partial charge on any atom is -0.506 e. The van der Waals surface area contributed by atoms with Gasteiger partial charge in [-0.25, -0.2) is 8.42 Å². The van der Waals surface area contributed by atoms with Crippen molar-refractivity contribution in [2.75, 3.05) is 13.3 Å². The molecule has 2 rings (SSSR count). The van der Waals surface area contributed by atoms with Crippen LogP contribution >= 0.6 is 31.9 Å². The first kappa shape index (κ1) is 19.9. The first-order chi connectivity index (χ1) is 11.5. The third-order valence-corrected chi connectivity index (χ3v) is 6.14. The highest BCUT2D eigenvalue weighted by atomic mass is 79.9. The average molecular weight is 491 g/mol. The molecule has 0 heterocycles. The van der Waals surface area contributed by atoms with Gasteiger partial charge in [0.15, 0.2) is 9.84 Å². The van der Waals surface area contributed by atoms with Crippen molar-refractivity contribution in [1.29, 1.82) is 0 Å². The van der Waals surface area contributed by atoms with Crippen LogP contribution in [0.1, 0.15) is 28.9 Å². The molecule has 0 spiro atoms. The van der Waals surface area contributed by atoms with Gasteiger partial charge in [-0.3, -0.25) is 4.79 Å². The number of carbonyl (C=O) groups excluding carboxylic acids is 1. The molecule has 1 atom stereocenters. The fourth-order valence-corrected chi connectivity index (χ4v) is 4.17. The van der Waals surface area contributed by atoms with E-state index in [-0.39, 0.29) is 28.2 Å². The Morgan fingerprint density at radius 2 is 1.72 bits per heavy atom. The van der Waals surface area contributed by atoms with Gasteiger partial charge in [-0.05, 0) is 52.7 Å². The molecule has 25 heavy (non-hydrogen) atoms. The van der Waals surface area contributed by atoms with Crippen LogP contribution in [0.3, 0.4) is 0 Å². The topological polar surface area (TPSA) is 74.7 Å². The lowest BCUT2D eigenvalue weighted by atomic mass is 10.1. The Bertz CT molecular complexity index is 911. The van der Waals surface area contributed by atoms with E-state index in [1.807, 2.05) is 6.92 Å².